The topological polar surface area (TPSA) is 26.3 Å². The normalized spacial score (nSPS) is 16.1. The van der Waals surface area contributed by atoms with Crippen LogP contribution in [-0.2, 0) is 9.53 Å². The molecule has 0 aromatic rings. The van der Waals surface area contributed by atoms with E-state index in [1.165, 1.54) is 6.92 Å². The van der Waals surface area contributed by atoms with Crippen molar-refractivity contribution in [1.29, 1.82) is 0 Å². The molecule has 0 bridgehead atoms. The van der Waals surface area contributed by atoms with Crippen LogP contribution in [0.4, 0.5) is 13.2 Å². The van der Waals surface area contributed by atoms with Gasteiger partial charge in [-0.1, -0.05) is 13.8 Å². The Hall–Kier alpha value is -0.740. The van der Waals surface area contributed by atoms with E-state index in [1.807, 2.05) is 0 Å². The van der Waals surface area contributed by atoms with Gasteiger partial charge in [0.25, 0.3) is 0 Å². The van der Waals surface area contributed by atoms with E-state index in [0.717, 1.165) is 6.92 Å². The first-order chi connectivity index (χ1) is 6.29. The molecule has 0 aromatic carbocycles. The van der Waals surface area contributed by atoms with Crippen molar-refractivity contribution in [2.45, 2.75) is 39.8 Å². The van der Waals surface area contributed by atoms with E-state index in [4.69, 9.17) is 0 Å². The van der Waals surface area contributed by atoms with Crippen LogP contribution < -0.4 is 0 Å². The molecule has 0 aliphatic rings. The van der Waals surface area contributed by atoms with Gasteiger partial charge in [0, 0.05) is 0 Å². The Labute approximate surface area is 81.4 Å². The third-order valence-electron chi connectivity index (χ3n) is 2.22. The Morgan fingerprint density at radius 1 is 1.29 bits per heavy atom. The van der Waals surface area contributed by atoms with Gasteiger partial charge < -0.3 is 4.74 Å². The second-order valence-electron chi connectivity index (χ2n) is 3.32. The van der Waals surface area contributed by atoms with E-state index in [1.54, 1.807) is 6.92 Å². The van der Waals surface area contributed by atoms with E-state index >= 15 is 0 Å². The molecule has 2 nitrogen and oxygen atoms in total. The molecule has 0 aliphatic carbocycles. The van der Waals surface area contributed by atoms with Crippen LogP contribution in [0.1, 0.15) is 33.6 Å². The van der Waals surface area contributed by atoms with E-state index < -0.39 is 17.6 Å². The number of carbonyl (C=O) groups is 1. The maximum Gasteiger partial charge on any atom is 0.404 e. The van der Waals surface area contributed by atoms with E-state index in [0.29, 0.717) is 6.42 Å². The van der Waals surface area contributed by atoms with Gasteiger partial charge in [-0.15, -0.1) is 0 Å². The van der Waals surface area contributed by atoms with Crippen LogP contribution in [0.2, 0.25) is 0 Å². The summed E-state index contributed by atoms with van der Waals surface area (Å²) in [6, 6.07) is 0. The van der Waals surface area contributed by atoms with Crippen molar-refractivity contribution in [3.8, 4) is 0 Å². The highest BCUT2D eigenvalue weighted by Gasteiger charge is 2.56. The molecule has 0 radical (unpaired) electrons. The number of halogens is 3. The minimum absolute atomic E-state index is 0.0322. The summed E-state index contributed by atoms with van der Waals surface area (Å²) in [5, 5.41) is 0. The van der Waals surface area contributed by atoms with Crippen molar-refractivity contribution in [3.63, 3.8) is 0 Å². The third kappa shape index (κ3) is 2.62. The lowest BCUT2D eigenvalue weighted by Crippen LogP contribution is -2.43. The average molecular weight is 212 g/mol. The minimum Gasteiger partial charge on any atom is -0.465 e. The number of rotatable bonds is 4. The maximum absolute atomic E-state index is 12.5. The fraction of sp³-hybridized carbons (Fsp3) is 0.889. The summed E-state index contributed by atoms with van der Waals surface area (Å²) in [5.41, 5.74) is -2.37. The summed E-state index contributed by atoms with van der Waals surface area (Å²) < 4.78 is 42.0. The van der Waals surface area contributed by atoms with Crippen molar-refractivity contribution >= 4 is 5.97 Å². The van der Waals surface area contributed by atoms with Gasteiger partial charge in [-0.05, 0) is 19.8 Å². The summed E-state index contributed by atoms with van der Waals surface area (Å²) in [6.45, 7) is 3.94. The number of carbonyl (C=O) groups excluding carboxylic acids is 1. The molecular formula is C9H15F3O2. The second-order valence-corrected chi connectivity index (χ2v) is 3.32. The van der Waals surface area contributed by atoms with Gasteiger partial charge in [-0.3, -0.25) is 4.79 Å². The molecule has 0 spiro atoms. The zero-order valence-electron chi connectivity index (χ0n) is 8.57. The lowest BCUT2D eigenvalue weighted by molar-refractivity contribution is -0.230. The zero-order valence-corrected chi connectivity index (χ0v) is 8.57. The highest BCUT2D eigenvalue weighted by Crippen LogP contribution is 2.41. The highest BCUT2D eigenvalue weighted by molar-refractivity contribution is 5.77. The molecule has 1 unspecified atom stereocenters. The second kappa shape index (κ2) is 4.66. The van der Waals surface area contributed by atoms with Crippen molar-refractivity contribution in [2.75, 3.05) is 6.61 Å². The van der Waals surface area contributed by atoms with Crippen LogP contribution in [0.5, 0.6) is 0 Å². The quantitative estimate of drug-likeness (QED) is 0.670. The van der Waals surface area contributed by atoms with Crippen molar-refractivity contribution in [2.24, 2.45) is 5.41 Å². The first kappa shape index (κ1) is 13.3. The minimum atomic E-state index is -4.55. The summed E-state index contributed by atoms with van der Waals surface area (Å²) in [5.74, 6) is -1.19. The van der Waals surface area contributed by atoms with Crippen molar-refractivity contribution in [1.82, 2.24) is 0 Å². The molecule has 1 atom stereocenters. The summed E-state index contributed by atoms with van der Waals surface area (Å²) in [4.78, 5) is 11.2. The molecule has 0 N–H and O–H groups in total. The fourth-order valence-corrected chi connectivity index (χ4v) is 0.815. The molecule has 5 heteroatoms. The van der Waals surface area contributed by atoms with E-state index in [2.05, 4.69) is 4.74 Å². The van der Waals surface area contributed by atoms with Crippen LogP contribution in [-0.4, -0.2) is 18.8 Å². The molecule has 0 aromatic heterocycles. The fourth-order valence-electron chi connectivity index (χ4n) is 0.815. The standard InChI is InChI=1S/C9H15F3O2/c1-4-6-14-7(13)8(3,5-2)9(10,11)12/h4-6H2,1-3H3. The smallest absolute Gasteiger partial charge is 0.404 e. The van der Waals surface area contributed by atoms with Gasteiger partial charge in [0.05, 0.1) is 6.61 Å². The number of hydrogen-bond donors (Lipinski definition) is 0. The van der Waals surface area contributed by atoms with E-state index in [9.17, 15) is 18.0 Å². The molecule has 0 rings (SSSR count). The first-order valence-corrected chi connectivity index (χ1v) is 4.53. The Balaban J connectivity index is 4.61. The van der Waals surface area contributed by atoms with Gasteiger partial charge in [-0.2, -0.15) is 13.2 Å². The largest absolute Gasteiger partial charge is 0.465 e. The van der Waals surface area contributed by atoms with Gasteiger partial charge in [0.2, 0.25) is 0 Å². The van der Waals surface area contributed by atoms with Gasteiger partial charge in [-0.25, -0.2) is 0 Å². The molecule has 0 saturated heterocycles. The zero-order chi connectivity index (χ0) is 11.4. The maximum atomic E-state index is 12.5. The van der Waals surface area contributed by atoms with Crippen molar-refractivity contribution < 1.29 is 22.7 Å². The van der Waals surface area contributed by atoms with Gasteiger partial charge in [0.1, 0.15) is 0 Å². The SMILES string of the molecule is CCCOC(=O)C(C)(CC)C(F)(F)F. The van der Waals surface area contributed by atoms with E-state index in [-0.39, 0.29) is 13.0 Å². The molecule has 0 aliphatic heterocycles. The molecule has 0 fully saturated rings. The van der Waals surface area contributed by atoms with Gasteiger partial charge >= 0.3 is 12.1 Å². The molecule has 14 heavy (non-hydrogen) atoms. The average Bonchev–Trinajstić information content (AvgIpc) is 2.10. The Morgan fingerprint density at radius 3 is 2.07 bits per heavy atom. The van der Waals surface area contributed by atoms with Gasteiger partial charge in [0.15, 0.2) is 5.41 Å². The van der Waals surface area contributed by atoms with Crippen LogP contribution in [0, 0.1) is 5.41 Å². The van der Waals surface area contributed by atoms with Crippen LogP contribution in [0.25, 0.3) is 0 Å². The Kier molecular flexibility index (Phi) is 4.42. The molecule has 84 valence electrons. The Morgan fingerprint density at radius 2 is 1.79 bits per heavy atom. The lowest BCUT2D eigenvalue weighted by atomic mass is 9.87. The number of alkyl halides is 3. The lowest BCUT2D eigenvalue weighted by Gasteiger charge is -2.28. The molecule has 0 heterocycles. The van der Waals surface area contributed by atoms with Crippen LogP contribution in [0.15, 0.2) is 0 Å². The Bertz CT molecular complexity index is 201. The van der Waals surface area contributed by atoms with Crippen LogP contribution >= 0.6 is 0 Å². The predicted octanol–water partition coefficient (Wildman–Crippen LogP) is 2.92. The monoisotopic (exact) mass is 212 g/mol. The predicted molar refractivity (Wildman–Crippen MR) is 45.7 cm³/mol. The third-order valence-corrected chi connectivity index (χ3v) is 2.22. The molecule has 0 saturated carbocycles. The highest BCUT2D eigenvalue weighted by atomic mass is 19.4. The number of esters is 1. The summed E-state index contributed by atoms with van der Waals surface area (Å²) >= 11 is 0. The molecule has 0 amide bonds. The number of ether oxygens (including phenoxy) is 1. The first-order valence-electron chi connectivity index (χ1n) is 4.53. The molecular weight excluding hydrogens is 197 g/mol. The summed E-state index contributed by atoms with van der Waals surface area (Å²) in [6.07, 6.45) is -4.34. The summed E-state index contributed by atoms with van der Waals surface area (Å²) in [7, 11) is 0. The van der Waals surface area contributed by atoms with Crippen molar-refractivity contribution in [3.05, 3.63) is 0 Å². The number of hydrogen-bond acceptors (Lipinski definition) is 2. The van der Waals surface area contributed by atoms with Crippen LogP contribution in [0.3, 0.4) is 0 Å².